The van der Waals surface area contributed by atoms with Crippen molar-refractivity contribution in [1.82, 2.24) is 9.88 Å². The molecule has 5 nitrogen and oxygen atoms in total. The maximum Gasteiger partial charge on any atom is 0.119 e. The minimum Gasteiger partial charge on any atom is -0.491 e. The predicted molar refractivity (Wildman–Crippen MR) is 95.8 cm³/mol. The second kappa shape index (κ2) is 8.33. The minimum absolute atomic E-state index is 0.306. The van der Waals surface area contributed by atoms with Crippen molar-refractivity contribution >= 4 is 17.3 Å². The lowest BCUT2D eigenvalue weighted by molar-refractivity contribution is 0.0663. The molecule has 0 aliphatic carbocycles. The van der Waals surface area contributed by atoms with Crippen molar-refractivity contribution in [3.05, 3.63) is 53.8 Å². The first kappa shape index (κ1) is 17.0. The van der Waals surface area contributed by atoms with Crippen molar-refractivity contribution in [2.24, 2.45) is 0 Å². The van der Waals surface area contributed by atoms with Crippen molar-refractivity contribution < 1.29 is 9.84 Å². The monoisotopic (exact) mass is 347 g/mol. The van der Waals surface area contributed by atoms with Crippen LogP contribution in [0.5, 0.6) is 5.75 Å². The number of aliphatic hydroxyl groups excluding tert-OH is 1. The zero-order valence-corrected chi connectivity index (χ0v) is 14.3. The summed E-state index contributed by atoms with van der Waals surface area (Å²) >= 11 is 6.20. The van der Waals surface area contributed by atoms with Gasteiger partial charge >= 0.3 is 0 Å². The molecule has 0 spiro atoms. The zero-order valence-electron chi connectivity index (χ0n) is 13.5. The number of hydrogen-bond acceptors (Lipinski definition) is 5. The molecule has 24 heavy (non-hydrogen) atoms. The SMILES string of the molecule is OC(COc1ccccc1)CN1CCN(c2ccncc2Cl)CC1. The summed E-state index contributed by atoms with van der Waals surface area (Å²) in [6.45, 7) is 4.47. The number of aliphatic hydroxyl groups is 1. The molecule has 1 aliphatic heterocycles. The third kappa shape index (κ3) is 4.60. The quantitative estimate of drug-likeness (QED) is 0.869. The van der Waals surface area contributed by atoms with Crippen molar-refractivity contribution in [3.63, 3.8) is 0 Å². The van der Waals surface area contributed by atoms with E-state index in [0.29, 0.717) is 18.2 Å². The number of β-amino-alcohol motifs (C(OH)–C–C–N with tert-alkyl or cyclic N) is 1. The highest BCUT2D eigenvalue weighted by Crippen LogP contribution is 2.25. The van der Waals surface area contributed by atoms with Crippen LogP contribution in [0, 0.1) is 0 Å². The molecular formula is C18H22ClN3O2. The lowest BCUT2D eigenvalue weighted by Gasteiger charge is -2.37. The van der Waals surface area contributed by atoms with Crippen molar-refractivity contribution in [2.45, 2.75) is 6.10 Å². The van der Waals surface area contributed by atoms with Crippen LogP contribution in [0.2, 0.25) is 5.02 Å². The summed E-state index contributed by atoms with van der Waals surface area (Å²) in [6.07, 6.45) is 2.94. The number of ether oxygens (including phenoxy) is 1. The molecule has 1 saturated heterocycles. The van der Waals surface area contributed by atoms with Crippen LogP contribution >= 0.6 is 11.6 Å². The Balaban J connectivity index is 1.43. The van der Waals surface area contributed by atoms with E-state index in [9.17, 15) is 5.11 Å². The Hall–Kier alpha value is -1.82. The van der Waals surface area contributed by atoms with Gasteiger partial charge in [0.2, 0.25) is 0 Å². The highest BCUT2D eigenvalue weighted by Gasteiger charge is 2.21. The van der Waals surface area contributed by atoms with Gasteiger partial charge in [0.05, 0.1) is 10.7 Å². The summed E-state index contributed by atoms with van der Waals surface area (Å²) in [5, 5.41) is 10.9. The first-order valence-corrected chi connectivity index (χ1v) is 8.53. The molecular weight excluding hydrogens is 326 g/mol. The van der Waals surface area contributed by atoms with E-state index in [-0.39, 0.29) is 0 Å². The molecule has 1 fully saturated rings. The Bertz CT molecular complexity index is 633. The fourth-order valence-corrected chi connectivity index (χ4v) is 3.09. The first-order chi connectivity index (χ1) is 11.7. The van der Waals surface area contributed by atoms with Gasteiger partial charge in [0.1, 0.15) is 18.5 Å². The van der Waals surface area contributed by atoms with Crippen LogP contribution in [-0.4, -0.2) is 60.4 Å². The molecule has 0 radical (unpaired) electrons. The number of aromatic nitrogens is 1. The molecule has 1 aromatic carbocycles. The molecule has 1 unspecified atom stereocenters. The topological polar surface area (TPSA) is 48.8 Å². The van der Waals surface area contributed by atoms with Gasteiger partial charge in [0.15, 0.2) is 0 Å². The van der Waals surface area contributed by atoms with E-state index >= 15 is 0 Å². The number of piperazine rings is 1. The van der Waals surface area contributed by atoms with Crippen LogP contribution in [-0.2, 0) is 0 Å². The van der Waals surface area contributed by atoms with Crippen LogP contribution in [0.4, 0.5) is 5.69 Å². The Morgan fingerprint density at radius 1 is 1.12 bits per heavy atom. The molecule has 0 amide bonds. The van der Waals surface area contributed by atoms with E-state index in [1.807, 2.05) is 36.4 Å². The highest BCUT2D eigenvalue weighted by molar-refractivity contribution is 6.33. The van der Waals surface area contributed by atoms with Crippen LogP contribution < -0.4 is 9.64 Å². The molecule has 0 bridgehead atoms. The zero-order chi connectivity index (χ0) is 16.8. The lowest BCUT2D eigenvalue weighted by atomic mass is 10.2. The van der Waals surface area contributed by atoms with Gasteiger partial charge in [-0.2, -0.15) is 0 Å². The Labute approximate surface area is 147 Å². The molecule has 1 aliphatic rings. The summed E-state index contributed by atoms with van der Waals surface area (Å²) in [7, 11) is 0. The third-order valence-corrected chi connectivity index (χ3v) is 4.41. The van der Waals surface area contributed by atoms with Gasteiger partial charge in [-0.05, 0) is 18.2 Å². The van der Waals surface area contributed by atoms with Crippen LogP contribution in [0.25, 0.3) is 0 Å². The van der Waals surface area contributed by atoms with Crippen molar-refractivity contribution in [2.75, 3.05) is 44.2 Å². The van der Waals surface area contributed by atoms with E-state index < -0.39 is 6.10 Å². The average molecular weight is 348 g/mol. The molecule has 128 valence electrons. The van der Waals surface area contributed by atoms with E-state index in [1.54, 1.807) is 12.4 Å². The van der Waals surface area contributed by atoms with Gasteiger partial charge < -0.3 is 14.7 Å². The maximum atomic E-state index is 10.2. The number of para-hydroxylation sites is 1. The van der Waals surface area contributed by atoms with Gasteiger partial charge in [-0.3, -0.25) is 9.88 Å². The van der Waals surface area contributed by atoms with Crippen molar-refractivity contribution in [3.8, 4) is 5.75 Å². The number of nitrogens with zero attached hydrogens (tertiary/aromatic N) is 3. The maximum absolute atomic E-state index is 10.2. The molecule has 6 heteroatoms. The largest absolute Gasteiger partial charge is 0.491 e. The van der Waals surface area contributed by atoms with E-state index in [2.05, 4.69) is 14.8 Å². The van der Waals surface area contributed by atoms with Crippen LogP contribution in [0.3, 0.4) is 0 Å². The summed E-state index contributed by atoms with van der Waals surface area (Å²) in [6, 6.07) is 11.5. The van der Waals surface area contributed by atoms with E-state index in [0.717, 1.165) is 37.6 Å². The van der Waals surface area contributed by atoms with Gasteiger partial charge in [0, 0.05) is 45.1 Å². The normalized spacial score (nSPS) is 16.8. The number of halogens is 1. The second-order valence-corrected chi connectivity index (χ2v) is 6.30. The van der Waals surface area contributed by atoms with Crippen molar-refractivity contribution in [1.29, 1.82) is 0 Å². The van der Waals surface area contributed by atoms with E-state index in [4.69, 9.17) is 16.3 Å². The fraction of sp³-hybridized carbons (Fsp3) is 0.389. The number of rotatable bonds is 6. The number of anilines is 1. The van der Waals surface area contributed by atoms with Gasteiger partial charge in [-0.15, -0.1) is 0 Å². The first-order valence-electron chi connectivity index (χ1n) is 8.15. The molecule has 1 N–H and O–H groups in total. The number of benzene rings is 1. The van der Waals surface area contributed by atoms with Crippen LogP contribution in [0.1, 0.15) is 0 Å². The summed E-state index contributed by atoms with van der Waals surface area (Å²) in [4.78, 5) is 8.54. The minimum atomic E-state index is -0.499. The number of pyridine rings is 1. The second-order valence-electron chi connectivity index (χ2n) is 5.89. The standard InChI is InChI=1S/C18H22ClN3O2/c19-17-12-20-7-6-18(17)22-10-8-21(9-11-22)13-15(23)14-24-16-4-2-1-3-5-16/h1-7,12,15,23H,8-11,13-14H2. The van der Waals surface area contributed by atoms with Gasteiger partial charge in [0.25, 0.3) is 0 Å². The summed E-state index contributed by atoms with van der Waals surface area (Å²) < 4.78 is 5.60. The molecule has 0 saturated carbocycles. The smallest absolute Gasteiger partial charge is 0.119 e. The average Bonchev–Trinajstić information content (AvgIpc) is 2.62. The Kier molecular flexibility index (Phi) is 5.91. The summed E-state index contributed by atoms with van der Waals surface area (Å²) in [5.74, 6) is 0.786. The summed E-state index contributed by atoms with van der Waals surface area (Å²) in [5.41, 5.74) is 1.03. The van der Waals surface area contributed by atoms with Gasteiger partial charge in [-0.1, -0.05) is 29.8 Å². The molecule has 2 aromatic rings. The Morgan fingerprint density at radius 2 is 1.88 bits per heavy atom. The third-order valence-electron chi connectivity index (χ3n) is 4.12. The fourth-order valence-electron chi connectivity index (χ4n) is 2.86. The van der Waals surface area contributed by atoms with Gasteiger partial charge in [-0.25, -0.2) is 0 Å². The number of hydrogen-bond donors (Lipinski definition) is 1. The van der Waals surface area contributed by atoms with Crippen LogP contribution in [0.15, 0.2) is 48.8 Å². The molecule has 1 aromatic heterocycles. The predicted octanol–water partition coefficient (Wildman–Crippen LogP) is 2.30. The molecule has 1 atom stereocenters. The lowest BCUT2D eigenvalue weighted by Crippen LogP contribution is -2.49. The highest BCUT2D eigenvalue weighted by atomic mass is 35.5. The molecule has 2 heterocycles. The van der Waals surface area contributed by atoms with E-state index in [1.165, 1.54) is 0 Å². The molecule has 3 rings (SSSR count). The Morgan fingerprint density at radius 3 is 2.58 bits per heavy atom.